The molecule has 1 aromatic heterocycles. The average Bonchev–Trinajstić information content (AvgIpc) is 3.43. The summed E-state index contributed by atoms with van der Waals surface area (Å²) in [5.41, 5.74) is 6.24. The Morgan fingerprint density at radius 2 is 2.03 bits per heavy atom. The van der Waals surface area contributed by atoms with E-state index in [0.717, 1.165) is 32.4 Å². The van der Waals surface area contributed by atoms with Crippen molar-refractivity contribution in [2.75, 3.05) is 26.7 Å². The zero-order valence-electron chi connectivity index (χ0n) is 19.5. The summed E-state index contributed by atoms with van der Waals surface area (Å²) in [5.74, 6) is 0. The molecular formula is C28H37N3O. The summed E-state index contributed by atoms with van der Waals surface area (Å²) in [5, 5.41) is 4.00. The van der Waals surface area contributed by atoms with Gasteiger partial charge >= 0.3 is 0 Å². The van der Waals surface area contributed by atoms with Gasteiger partial charge < -0.3 is 10.1 Å². The predicted octanol–water partition coefficient (Wildman–Crippen LogP) is 5.10. The summed E-state index contributed by atoms with van der Waals surface area (Å²) in [4.78, 5) is 7.44. The summed E-state index contributed by atoms with van der Waals surface area (Å²) in [6.07, 6.45) is 12.8. The standard InChI is InChI=1S/C28H37N3O/c1-31-17-10-21-7-6-8-22-23(19-24(31)26(21)22)29-16-13-27(25-9-2-5-15-30-25)14-18-32-28(20-27)11-3-4-12-28/h2,5-9,15,23-24,29H,3-4,10-14,16-20H2,1H3/t23?,24?,27-/m1/s1. The second-order valence-corrected chi connectivity index (χ2v) is 10.8. The van der Waals surface area contributed by atoms with E-state index in [1.807, 2.05) is 12.3 Å². The molecule has 4 heteroatoms. The molecule has 1 N–H and O–H groups in total. The van der Waals surface area contributed by atoms with Crippen molar-refractivity contribution in [1.82, 2.24) is 15.2 Å². The van der Waals surface area contributed by atoms with E-state index in [-0.39, 0.29) is 11.0 Å². The predicted molar refractivity (Wildman–Crippen MR) is 128 cm³/mol. The Hall–Kier alpha value is -1.75. The number of nitrogens with one attached hydrogen (secondary N) is 1. The molecule has 1 aromatic carbocycles. The van der Waals surface area contributed by atoms with Gasteiger partial charge in [0.1, 0.15) is 0 Å². The van der Waals surface area contributed by atoms with E-state index in [9.17, 15) is 0 Å². The van der Waals surface area contributed by atoms with Crippen LogP contribution >= 0.6 is 0 Å². The monoisotopic (exact) mass is 431 g/mol. The van der Waals surface area contributed by atoms with Crippen molar-refractivity contribution in [3.05, 3.63) is 65.0 Å². The molecule has 0 radical (unpaired) electrons. The maximum absolute atomic E-state index is 6.44. The van der Waals surface area contributed by atoms with Gasteiger partial charge in [-0.1, -0.05) is 37.1 Å². The fourth-order valence-corrected chi connectivity index (χ4v) is 7.36. The molecule has 2 aliphatic carbocycles. The number of aromatic nitrogens is 1. The molecule has 2 aliphatic heterocycles. The molecular weight excluding hydrogens is 394 g/mol. The second-order valence-electron chi connectivity index (χ2n) is 10.8. The van der Waals surface area contributed by atoms with Gasteiger partial charge in [0, 0.05) is 42.5 Å². The maximum atomic E-state index is 6.44. The van der Waals surface area contributed by atoms with Crippen LogP contribution in [-0.2, 0) is 16.6 Å². The van der Waals surface area contributed by atoms with E-state index in [1.165, 1.54) is 50.8 Å². The fourth-order valence-electron chi connectivity index (χ4n) is 7.36. The molecule has 3 heterocycles. The zero-order chi connectivity index (χ0) is 21.6. The van der Waals surface area contributed by atoms with Crippen LogP contribution in [0.1, 0.15) is 85.8 Å². The number of benzene rings is 1. The van der Waals surface area contributed by atoms with Crippen molar-refractivity contribution in [2.24, 2.45) is 0 Å². The molecule has 2 unspecified atom stereocenters. The Morgan fingerprint density at radius 1 is 1.12 bits per heavy atom. The topological polar surface area (TPSA) is 37.4 Å². The first-order valence-corrected chi connectivity index (χ1v) is 12.8. The van der Waals surface area contributed by atoms with Gasteiger partial charge in [0.2, 0.25) is 0 Å². The number of ether oxygens (including phenoxy) is 1. The van der Waals surface area contributed by atoms with Gasteiger partial charge in [0.05, 0.1) is 5.60 Å². The van der Waals surface area contributed by atoms with E-state index in [2.05, 4.69) is 47.6 Å². The van der Waals surface area contributed by atoms with E-state index in [4.69, 9.17) is 9.72 Å². The van der Waals surface area contributed by atoms with E-state index in [1.54, 1.807) is 16.7 Å². The molecule has 4 aliphatic rings. The zero-order valence-corrected chi connectivity index (χ0v) is 19.5. The van der Waals surface area contributed by atoms with Crippen LogP contribution < -0.4 is 5.32 Å². The van der Waals surface area contributed by atoms with Crippen LogP contribution in [-0.4, -0.2) is 42.2 Å². The first-order valence-electron chi connectivity index (χ1n) is 12.8. The lowest BCUT2D eigenvalue weighted by Crippen LogP contribution is -2.47. The van der Waals surface area contributed by atoms with E-state index < -0.39 is 0 Å². The van der Waals surface area contributed by atoms with Crippen LogP contribution in [0.25, 0.3) is 0 Å². The highest BCUT2D eigenvalue weighted by molar-refractivity contribution is 5.45. The van der Waals surface area contributed by atoms with Crippen LogP contribution in [0.2, 0.25) is 0 Å². The average molecular weight is 432 g/mol. The first-order chi connectivity index (χ1) is 15.7. The number of nitrogens with zero attached hydrogens (tertiary/aromatic N) is 2. The molecule has 170 valence electrons. The minimum absolute atomic E-state index is 0.0944. The molecule has 0 bridgehead atoms. The fraction of sp³-hybridized carbons (Fsp3) is 0.607. The molecule has 1 spiro atoms. The van der Waals surface area contributed by atoms with Gasteiger partial charge in [-0.25, -0.2) is 0 Å². The normalized spacial score (nSPS) is 31.2. The maximum Gasteiger partial charge on any atom is 0.0691 e. The van der Waals surface area contributed by atoms with Crippen molar-refractivity contribution < 1.29 is 4.74 Å². The SMILES string of the molecule is CN1CCc2cccc3c2C1CC3NCC[C@@]1(c2ccccn2)CCOC2(CCCC2)C1. The number of rotatable bonds is 5. The van der Waals surface area contributed by atoms with Gasteiger partial charge in [0.25, 0.3) is 0 Å². The summed E-state index contributed by atoms with van der Waals surface area (Å²) in [7, 11) is 2.30. The van der Waals surface area contributed by atoms with Crippen LogP contribution in [0.5, 0.6) is 0 Å². The summed E-state index contributed by atoms with van der Waals surface area (Å²) in [6, 6.07) is 14.5. The van der Waals surface area contributed by atoms with Crippen molar-refractivity contribution in [3.63, 3.8) is 0 Å². The Bertz CT molecular complexity index is 954. The van der Waals surface area contributed by atoms with Gasteiger partial charge in [-0.15, -0.1) is 0 Å². The minimum atomic E-state index is 0.0944. The van der Waals surface area contributed by atoms with Gasteiger partial charge in [-0.05, 0) is 87.4 Å². The minimum Gasteiger partial charge on any atom is -0.375 e. The molecule has 1 saturated heterocycles. The summed E-state index contributed by atoms with van der Waals surface area (Å²) in [6.45, 7) is 3.09. The largest absolute Gasteiger partial charge is 0.375 e. The summed E-state index contributed by atoms with van der Waals surface area (Å²) >= 11 is 0. The number of pyridine rings is 1. The van der Waals surface area contributed by atoms with Crippen LogP contribution in [0.3, 0.4) is 0 Å². The molecule has 2 fully saturated rings. The third-order valence-corrected chi connectivity index (χ3v) is 9.03. The third-order valence-electron chi connectivity index (χ3n) is 9.03. The number of hydrogen-bond donors (Lipinski definition) is 1. The molecule has 32 heavy (non-hydrogen) atoms. The molecule has 3 atom stereocenters. The highest BCUT2D eigenvalue weighted by Gasteiger charge is 2.48. The number of hydrogen-bond acceptors (Lipinski definition) is 4. The Balaban J connectivity index is 1.22. The highest BCUT2D eigenvalue weighted by atomic mass is 16.5. The molecule has 0 amide bonds. The molecule has 4 nitrogen and oxygen atoms in total. The quantitative estimate of drug-likeness (QED) is 0.715. The van der Waals surface area contributed by atoms with Gasteiger partial charge in [-0.2, -0.15) is 0 Å². The highest BCUT2D eigenvalue weighted by Crippen LogP contribution is 2.50. The van der Waals surface area contributed by atoms with Gasteiger partial charge in [0.15, 0.2) is 0 Å². The Labute approximate surface area is 192 Å². The number of likely N-dealkylation sites (N-methyl/N-ethyl adjacent to an activating group) is 1. The van der Waals surface area contributed by atoms with Crippen LogP contribution in [0, 0.1) is 0 Å². The summed E-state index contributed by atoms with van der Waals surface area (Å²) < 4.78 is 6.44. The third kappa shape index (κ3) is 3.52. The molecule has 2 aromatic rings. The van der Waals surface area contributed by atoms with E-state index in [0.29, 0.717) is 12.1 Å². The lowest BCUT2D eigenvalue weighted by Gasteiger charge is -2.46. The van der Waals surface area contributed by atoms with Crippen molar-refractivity contribution >= 4 is 0 Å². The smallest absolute Gasteiger partial charge is 0.0691 e. The van der Waals surface area contributed by atoms with Crippen LogP contribution in [0.15, 0.2) is 42.6 Å². The Kier molecular flexibility index (Phi) is 5.36. The van der Waals surface area contributed by atoms with Crippen molar-refractivity contribution in [1.29, 1.82) is 0 Å². The lowest BCUT2D eigenvalue weighted by atomic mass is 9.68. The van der Waals surface area contributed by atoms with Crippen molar-refractivity contribution in [2.45, 2.75) is 80.9 Å². The lowest BCUT2D eigenvalue weighted by molar-refractivity contribution is -0.104. The second kappa shape index (κ2) is 8.23. The van der Waals surface area contributed by atoms with Gasteiger partial charge in [-0.3, -0.25) is 9.88 Å². The first kappa shape index (κ1) is 20.8. The Morgan fingerprint density at radius 3 is 2.88 bits per heavy atom. The molecule has 1 saturated carbocycles. The van der Waals surface area contributed by atoms with E-state index >= 15 is 0 Å². The van der Waals surface area contributed by atoms with Crippen molar-refractivity contribution in [3.8, 4) is 0 Å². The molecule has 6 rings (SSSR count). The van der Waals surface area contributed by atoms with Crippen LogP contribution in [0.4, 0.5) is 0 Å².